The maximum absolute atomic E-state index is 5.84. The first-order valence-electron chi connectivity index (χ1n) is 5.13. The summed E-state index contributed by atoms with van der Waals surface area (Å²) in [5.41, 5.74) is 1.13. The van der Waals surface area contributed by atoms with Crippen LogP contribution in [0.3, 0.4) is 0 Å². The summed E-state index contributed by atoms with van der Waals surface area (Å²) in [6, 6.07) is 9.34. The zero-order valence-electron chi connectivity index (χ0n) is 9.24. The fourth-order valence-corrected chi connectivity index (χ4v) is 1.77. The third-order valence-electron chi connectivity index (χ3n) is 2.19. The molecule has 5 heteroatoms. The van der Waals surface area contributed by atoms with Gasteiger partial charge in [-0.3, -0.25) is 0 Å². The van der Waals surface area contributed by atoms with Crippen molar-refractivity contribution in [2.45, 2.75) is 13.5 Å². The van der Waals surface area contributed by atoms with Gasteiger partial charge in [0.2, 0.25) is 0 Å². The summed E-state index contributed by atoms with van der Waals surface area (Å²) in [7, 11) is 0. The number of anilines is 1. The Hall–Kier alpha value is -1.32. The van der Waals surface area contributed by atoms with Gasteiger partial charge in [-0.15, -0.1) is 0 Å². The number of benzene rings is 1. The number of halogens is 2. The van der Waals surface area contributed by atoms with Crippen LogP contribution in [-0.2, 0) is 6.54 Å². The maximum Gasteiger partial charge on any atom is 0.134 e. The summed E-state index contributed by atoms with van der Waals surface area (Å²) in [5.74, 6) is 1.37. The second-order valence-electron chi connectivity index (χ2n) is 3.60. The molecule has 0 saturated carbocycles. The Morgan fingerprint density at radius 3 is 2.47 bits per heavy atom. The van der Waals surface area contributed by atoms with Crippen molar-refractivity contribution >= 4 is 29.0 Å². The van der Waals surface area contributed by atoms with Crippen LogP contribution < -0.4 is 5.32 Å². The van der Waals surface area contributed by atoms with Crippen molar-refractivity contribution in [2.24, 2.45) is 0 Å². The van der Waals surface area contributed by atoms with Crippen LogP contribution in [0, 0.1) is 6.92 Å². The topological polar surface area (TPSA) is 37.8 Å². The molecule has 0 fully saturated rings. The van der Waals surface area contributed by atoms with Gasteiger partial charge in [0.25, 0.3) is 0 Å². The highest BCUT2D eigenvalue weighted by atomic mass is 35.5. The van der Waals surface area contributed by atoms with Gasteiger partial charge in [-0.25, -0.2) is 9.97 Å². The first kappa shape index (κ1) is 12.1. The molecule has 1 aromatic carbocycles. The molecular weight excluding hydrogens is 257 g/mol. The number of rotatable bonds is 3. The number of hydrogen-bond donors (Lipinski definition) is 1. The van der Waals surface area contributed by atoms with Crippen LogP contribution in [0.5, 0.6) is 0 Å². The van der Waals surface area contributed by atoms with E-state index in [-0.39, 0.29) is 0 Å². The lowest BCUT2D eigenvalue weighted by Gasteiger charge is -2.06. The summed E-state index contributed by atoms with van der Waals surface area (Å²) < 4.78 is 0. The summed E-state index contributed by atoms with van der Waals surface area (Å²) in [5, 5.41) is 4.36. The van der Waals surface area contributed by atoms with E-state index in [1.807, 2.05) is 24.3 Å². The van der Waals surface area contributed by atoms with E-state index in [1.165, 1.54) is 0 Å². The van der Waals surface area contributed by atoms with Gasteiger partial charge in [-0.1, -0.05) is 35.3 Å². The Morgan fingerprint density at radius 2 is 1.82 bits per heavy atom. The standard InChI is InChI=1S/C12H11Cl2N3/c1-8-16-11(14)6-12(17-8)15-7-9-2-4-10(13)5-3-9/h2-6H,7H2,1H3,(H,15,16,17). The van der Waals surface area contributed by atoms with Gasteiger partial charge in [-0.05, 0) is 24.6 Å². The number of nitrogens with one attached hydrogen (secondary N) is 1. The maximum atomic E-state index is 5.84. The number of aromatic nitrogens is 2. The summed E-state index contributed by atoms with van der Waals surface area (Å²) in [6.45, 7) is 2.48. The van der Waals surface area contributed by atoms with Crippen LogP contribution >= 0.6 is 23.2 Å². The normalized spacial score (nSPS) is 10.3. The molecule has 88 valence electrons. The molecule has 2 aromatic rings. The molecule has 0 atom stereocenters. The van der Waals surface area contributed by atoms with Crippen LogP contribution in [0.4, 0.5) is 5.82 Å². The molecule has 0 bridgehead atoms. The third-order valence-corrected chi connectivity index (χ3v) is 2.64. The molecule has 17 heavy (non-hydrogen) atoms. The minimum atomic E-state index is 0.441. The highest BCUT2D eigenvalue weighted by molar-refractivity contribution is 6.30. The minimum Gasteiger partial charge on any atom is -0.366 e. The van der Waals surface area contributed by atoms with Crippen molar-refractivity contribution in [2.75, 3.05) is 5.32 Å². The fourth-order valence-electron chi connectivity index (χ4n) is 1.42. The Kier molecular flexibility index (Phi) is 3.82. The highest BCUT2D eigenvalue weighted by Crippen LogP contribution is 2.14. The molecule has 1 N–H and O–H groups in total. The highest BCUT2D eigenvalue weighted by Gasteiger charge is 1.99. The van der Waals surface area contributed by atoms with Gasteiger partial charge in [0.05, 0.1) is 0 Å². The second-order valence-corrected chi connectivity index (χ2v) is 4.43. The van der Waals surface area contributed by atoms with Crippen molar-refractivity contribution in [3.05, 3.63) is 51.9 Å². The molecule has 0 amide bonds. The van der Waals surface area contributed by atoms with Gasteiger partial charge < -0.3 is 5.32 Å². The average Bonchev–Trinajstić information content (AvgIpc) is 2.27. The average molecular weight is 268 g/mol. The molecule has 3 nitrogen and oxygen atoms in total. The number of aryl methyl sites for hydroxylation is 1. The van der Waals surface area contributed by atoms with Crippen molar-refractivity contribution in [1.82, 2.24) is 9.97 Å². The van der Waals surface area contributed by atoms with E-state index in [0.717, 1.165) is 16.4 Å². The van der Waals surface area contributed by atoms with E-state index in [9.17, 15) is 0 Å². The summed E-state index contributed by atoms with van der Waals surface area (Å²) in [6.07, 6.45) is 0. The van der Waals surface area contributed by atoms with Crippen molar-refractivity contribution in [3.8, 4) is 0 Å². The zero-order chi connectivity index (χ0) is 12.3. The Labute approximate surface area is 110 Å². The molecule has 1 aromatic heterocycles. The van der Waals surface area contributed by atoms with E-state index in [2.05, 4.69) is 15.3 Å². The predicted octanol–water partition coefficient (Wildman–Crippen LogP) is 3.70. The van der Waals surface area contributed by atoms with Crippen LogP contribution in [-0.4, -0.2) is 9.97 Å². The number of nitrogens with zero attached hydrogens (tertiary/aromatic N) is 2. The van der Waals surface area contributed by atoms with E-state index < -0.39 is 0 Å². The molecule has 0 spiro atoms. The van der Waals surface area contributed by atoms with E-state index in [0.29, 0.717) is 17.5 Å². The molecular formula is C12H11Cl2N3. The molecule has 1 heterocycles. The lowest BCUT2D eigenvalue weighted by molar-refractivity contribution is 1.02. The van der Waals surface area contributed by atoms with Gasteiger partial charge in [0.15, 0.2) is 0 Å². The van der Waals surface area contributed by atoms with Gasteiger partial charge in [-0.2, -0.15) is 0 Å². The van der Waals surface area contributed by atoms with Crippen molar-refractivity contribution < 1.29 is 0 Å². The monoisotopic (exact) mass is 267 g/mol. The van der Waals surface area contributed by atoms with Gasteiger partial charge in [0, 0.05) is 17.6 Å². The summed E-state index contributed by atoms with van der Waals surface area (Å²) in [4.78, 5) is 8.23. The van der Waals surface area contributed by atoms with E-state index in [1.54, 1.807) is 13.0 Å². The predicted molar refractivity (Wildman–Crippen MR) is 70.6 cm³/mol. The van der Waals surface area contributed by atoms with Crippen molar-refractivity contribution in [1.29, 1.82) is 0 Å². The van der Waals surface area contributed by atoms with E-state index >= 15 is 0 Å². The Balaban J connectivity index is 2.04. The largest absolute Gasteiger partial charge is 0.366 e. The van der Waals surface area contributed by atoms with Crippen LogP contribution in [0.1, 0.15) is 11.4 Å². The fraction of sp³-hybridized carbons (Fsp3) is 0.167. The Bertz CT molecular complexity index is 491. The molecule has 0 aliphatic heterocycles. The quantitative estimate of drug-likeness (QED) is 0.862. The summed E-state index contributed by atoms with van der Waals surface area (Å²) >= 11 is 11.7. The molecule has 0 aliphatic rings. The number of hydrogen-bond acceptors (Lipinski definition) is 3. The molecule has 0 aliphatic carbocycles. The third kappa shape index (κ3) is 3.58. The van der Waals surface area contributed by atoms with E-state index in [4.69, 9.17) is 23.2 Å². The van der Waals surface area contributed by atoms with Gasteiger partial charge in [0.1, 0.15) is 16.8 Å². The smallest absolute Gasteiger partial charge is 0.134 e. The first-order valence-corrected chi connectivity index (χ1v) is 5.88. The van der Waals surface area contributed by atoms with Crippen LogP contribution in [0.2, 0.25) is 10.2 Å². The SMILES string of the molecule is Cc1nc(Cl)cc(NCc2ccc(Cl)cc2)n1. The molecule has 0 saturated heterocycles. The molecule has 2 rings (SSSR count). The van der Waals surface area contributed by atoms with Crippen LogP contribution in [0.15, 0.2) is 30.3 Å². The first-order chi connectivity index (χ1) is 8.13. The van der Waals surface area contributed by atoms with Crippen molar-refractivity contribution in [3.63, 3.8) is 0 Å². The Morgan fingerprint density at radius 1 is 1.12 bits per heavy atom. The second kappa shape index (κ2) is 5.34. The van der Waals surface area contributed by atoms with Crippen LogP contribution in [0.25, 0.3) is 0 Å². The minimum absolute atomic E-state index is 0.441. The van der Waals surface area contributed by atoms with Gasteiger partial charge >= 0.3 is 0 Å². The molecule has 0 radical (unpaired) electrons. The zero-order valence-corrected chi connectivity index (χ0v) is 10.8. The lowest BCUT2D eigenvalue weighted by Crippen LogP contribution is -2.02. The lowest BCUT2D eigenvalue weighted by atomic mass is 10.2. The molecule has 0 unspecified atom stereocenters.